The minimum Gasteiger partial charge on any atom is -0.378 e. The first-order valence-electron chi connectivity index (χ1n) is 9.08. The maximum atomic E-state index is 12.1. The molecule has 8 heteroatoms. The molecule has 0 spiro atoms. The molecule has 2 rings (SSSR count). The summed E-state index contributed by atoms with van der Waals surface area (Å²) in [4.78, 5) is 30.3. The Morgan fingerprint density at radius 1 is 1.16 bits per heavy atom. The van der Waals surface area contributed by atoms with Crippen molar-refractivity contribution in [2.45, 2.75) is 51.9 Å². The summed E-state index contributed by atoms with van der Waals surface area (Å²) in [5.41, 5.74) is 5.23. The summed E-state index contributed by atoms with van der Waals surface area (Å²) in [5, 5.41) is 2.52. The SMILES string of the molecule is CCCCCCCCC(=O)NNC(=O)c1csc(N2CCOCC2)n1. The highest BCUT2D eigenvalue weighted by Crippen LogP contribution is 2.21. The average molecular weight is 369 g/mol. The lowest BCUT2D eigenvalue weighted by Gasteiger charge is -2.25. The number of nitrogens with one attached hydrogen (secondary N) is 2. The lowest BCUT2D eigenvalue weighted by Crippen LogP contribution is -2.41. The molecule has 7 nitrogen and oxygen atoms in total. The summed E-state index contributed by atoms with van der Waals surface area (Å²) in [6.07, 6.45) is 7.20. The van der Waals surface area contributed by atoms with Crippen LogP contribution in [-0.4, -0.2) is 43.1 Å². The number of aromatic nitrogens is 1. The third kappa shape index (κ3) is 6.99. The smallest absolute Gasteiger partial charge is 0.289 e. The predicted octanol–water partition coefficient (Wildman–Crippen LogP) is 2.49. The van der Waals surface area contributed by atoms with Gasteiger partial charge in [0, 0.05) is 24.9 Å². The van der Waals surface area contributed by atoms with Gasteiger partial charge in [-0.15, -0.1) is 11.3 Å². The number of rotatable bonds is 9. The Labute approximate surface area is 153 Å². The minimum absolute atomic E-state index is 0.160. The molecule has 1 saturated heterocycles. The molecule has 2 N–H and O–H groups in total. The first-order chi connectivity index (χ1) is 12.2. The van der Waals surface area contributed by atoms with Crippen LogP contribution >= 0.6 is 11.3 Å². The molecule has 2 amide bonds. The summed E-state index contributed by atoms with van der Waals surface area (Å²) in [6.45, 7) is 5.10. The molecule has 0 unspecified atom stereocenters. The molecule has 140 valence electrons. The molecular formula is C17H28N4O3S. The fraction of sp³-hybridized carbons (Fsp3) is 0.706. The summed E-state index contributed by atoms with van der Waals surface area (Å²) < 4.78 is 5.31. The predicted molar refractivity (Wildman–Crippen MR) is 98.7 cm³/mol. The minimum atomic E-state index is -0.382. The standard InChI is InChI=1S/C17H28N4O3S/c1-2-3-4-5-6-7-8-15(22)19-20-16(23)14-13-25-17(18-14)21-9-11-24-12-10-21/h13H,2-12H2,1H3,(H,19,22)(H,20,23). The van der Waals surface area contributed by atoms with Crippen LogP contribution in [0.5, 0.6) is 0 Å². The van der Waals surface area contributed by atoms with E-state index in [4.69, 9.17) is 4.74 Å². The maximum Gasteiger partial charge on any atom is 0.289 e. The van der Waals surface area contributed by atoms with E-state index in [2.05, 4.69) is 27.7 Å². The van der Waals surface area contributed by atoms with Gasteiger partial charge in [0.05, 0.1) is 13.2 Å². The molecule has 25 heavy (non-hydrogen) atoms. The molecule has 1 aromatic rings. The summed E-state index contributed by atoms with van der Waals surface area (Å²) in [6, 6.07) is 0. The highest BCUT2D eigenvalue weighted by molar-refractivity contribution is 7.13. The summed E-state index contributed by atoms with van der Waals surface area (Å²) >= 11 is 1.43. The highest BCUT2D eigenvalue weighted by atomic mass is 32.1. The van der Waals surface area contributed by atoms with Crippen LogP contribution in [0.25, 0.3) is 0 Å². The molecule has 0 saturated carbocycles. The Bertz CT molecular complexity index is 544. The van der Waals surface area contributed by atoms with Gasteiger partial charge >= 0.3 is 0 Å². The van der Waals surface area contributed by atoms with Gasteiger partial charge < -0.3 is 9.64 Å². The van der Waals surface area contributed by atoms with Gasteiger partial charge in [-0.1, -0.05) is 39.0 Å². The summed E-state index contributed by atoms with van der Waals surface area (Å²) in [5.74, 6) is -0.542. The van der Waals surface area contributed by atoms with Crippen molar-refractivity contribution in [3.63, 3.8) is 0 Å². The number of thiazole rings is 1. The van der Waals surface area contributed by atoms with Crippen LogP contribution in [0, 0.1) is 0 Å². The zero-order valence-electron chi connectivity index (χ0n) is 14.9. The number of nitrogens with zero attached hydrogens (tertiary/aromatic N) is 2. The Morgan fingerprint density at radius 3 is 2.64 bits per heavy atom. The summed E-state index contributed by atoms with van der Waals surface area (Å²) in [7, 11) is 0. The number of carbonyl (C=O) groups is 2. The monoisotopic (exact) mass is 368 g/mol. The molecule has 1 fully saturated rings. The van der Waals surface area contributed by atoms with Gasteiger partial charge in [-0.3, -0.25) is 20.4 Å². The van der Waals surface area contributed by atoms with Gasteiger partial charge in [-0.2, -0.15) is 0 Å². The van der Waals surface area contributed by atoms with E-state index in [1.165, 1.54) is 30.6 Å². The van der Waals surface area contributed by atoms with Crippen molar-refractivity contribution in [2.75, 3.05) is 31.2 Å². The number of hydrogen-bond donors (Lipinski definition) is 2. The molecule has 0 radical (unpaired) electrons. The number of hydrazine groups is 1. The maximum absolute atomic E-state index is 12.1. The highest BCUT2D eigenvalue weighted by Gasteiger charge is 2.17. The van der Waals surface area contributed by atoms with Crippen molar-refractivity contribution in [2.24, 2.45) is 0 Å². The van der Waals surface area contributed by atoms with Crippen molar-refractivity contribution in [1.29, 1.82) is 0 Å². The van der Waals surface area contributed by atoms with E-state index < -0.39 is 0 Å². The van der Waals surface area contributed by atoms with E-state index in [9.17, 15) is 9.59 Å². The Morgan fingerprint density at radius 2 is 1.88 bits per heavy atom. The van der Waals surface area contributed by atoms with Gasteiger partial charge in [0.25, 0.3) is 5.91 Å². The van der Waals surface area contributed by atoms with E-state index >= 15 is 0 Å². The van der Waals surface area contributed by atoms with Crippen LogP contribution in [0.15, 0.2) is 5.38 Å². The van der Waals surface area contributed by atoms with E-state index in [1.54, 1.807) is 5.38 Å². The Hall–Kier alpha value is -1.67. The number of unbranched alkanes of at least 4 members (excludes halogenated alkanes) is 5. The molecule has 2 heterocycles. The number of amides is 2. The van der Waals surface area contributed by atoms with Crippen LogP contribution in [0.2, 0.25) is 0 Å². The van der Waals surface area contributed by atoms with E-state index in [0.29, 0.717) is 25.3 Å². The van der Waals surface area contributed by atoms with Crippen LogP contribution in [0.3, 0.4) is 0 Å². The number of carbonyl (C=O) groups excluding carboxylic acids is 2. The lowest BCUT2D eigenvalue weighted by molar-refractivity contribution is -0.122. The van der Waals surface area contributed by atoms with Gasteiger partial charge in [0.2, 0.25) is 5.91 Å². The second kappa shape index (κ2) is 11.0. The van der Waals surface area contributed by atoms with Gasteiger partial charge in [0.15, 0.2) is 5.13 Å². The second-order valence-corrected chi connectivity index (χ2v) is 6.97. The molecule has 1 aromatic heterocycles. The second-order valence-electron chi connectivity index (χ2n) is 6.13. The molecule has 0 aliphatic carbocycles. The fourth-order valence-corrected chi connectivity index (χ4v) is 3.45. The van der Waals surface area contributed by atoms with Crippen LogP contribution in [-0.2, 0) is 9.53 Å². The fourth-order valence-electron chi connectivity index (χ4n) is 2.59. The van der Waals surface area contributed by atoms with Crippen LogP contribution in [0.1, 0.15) is 62.4 Å². The first kappa shape index (κ1) is 19.7. The number of ether oxygens (including phenoxy) is 1. The van der Waals surface area contributed by atoms with Crippen molar-refractivity contribution < 1.29 is 14.3 Å². The zero-order valence-corrected chi connectivity index (χ0v) is 15.7. The number of hydrogen-bond acceptors (Lipinski definition) is 6. The van der Waals surface area contributed by atoms with E-state index in [1.807, 2.05) is 0 Å². The Kier molecular flexibility index (Phi) is 8.68. The van der Waals surface area contributed by atoms with Crippen molar-refractivity contribution >= 4 is 28.3 Å². The van der Waals surface area contributed by atoms with Gasteiger partial charge in [-0.05, 0) is 6.42 Å². The largest absolute Gasteiger partial charge is 0.378 e. The third-order valence-electron chi connectivity index (χ3n) is 4.08. The van der Waals surface area contributed by atoms with Gasteiger partial charge in [-0.25, -0.2) is 4.98 Å². The molecule has 0 aromatic carbocycles. The molecule has 1 aliphatic rings. The quantitative estimate of drug-likeness (QED) is 0.517. The zero-order chi connectivity index (χ0) is 17.9. The van der Waals surface area contributed by atoms with E-state index in [0.717, 1.165) is 37.5 Å². The number of morpholine rings is 1. The van der Waals surface area contributed by atoms with Gasteiger partial charge in [0.1, 0.15) is 5.69 Å². The van der Waals surface area contributed by atoms with Crippen molar-refractivity contribution in [1.82, 2.24) is 15.8 Å². The average Bonchev–Trinajstić information content (AvgIpc) is 3.13. The molecule has 0 bridgehead atoms. The normalized spacial score (nSPS) is 14.4. The topological polar surface area (TPSA) is 83.6 Å². The van der Waals surface area contributed by atoms with Crippen molar-refractivity contribution in [3.05, 3.63) is 11.1 Å². The first-order valence-corrected chi connectivity index (χ1v) is 9.96. The third-order valence-corrected chi connectivity index (χ3v) is 4.98. The molecule has 0 atom stereocenters. The molecule has 1 aliphatic heterocycles. The van der Waals surface area contributed by atoms with Crippen molar-refractivity contribution in [3.8, 4) is 0 Å². The van der Waals surface area contributed by atoms with Crippen LogP contribution in [0.4, 0.5) is 5.13 Å². The lowest BCUT2D eigenvalue weighted by atomic mass is 10.1. The number of anilines is 1. The Balaban J connectivity index is 1.64. The van der Waals surface area contributed by atoms with E-state index in [-0.39, 0.29) is 11.8 Å². The molecular weight excluding hydrogens is 340 g/mol. The van der Waals surface area contributed by atoms with Crippen LogP contribution < -0.4 is 15.8 Å².